The second-order valence-electron chi connectivity index (χ2n) is 5.98. The van der Waals surface area contributed by atoms with Crippen LogP contribution in [-0.4, -0.2) is 37.1 Å². The highest BCUT2D eigenvalue weighted by Crippen LogP contribution is 2.28. The number of hydrogen-bond acceptors (Lipinski definition) is 2. The third-order valence-electron chi connectivity index (χ3n) is 4.56. The monoisotopic (exact) mass is 447 g/mol. The molecule has 23 heavy (non-hydrogen) atoms. The van der Waals surface area contributed by atoms with Crippen LogP contribution in [0.15, 0.2) is 35.3 Å². The van der Waals surface area contributed by atoms with E-state index in [-0.39, 0.29) is 24.0 Å². The van der Waals surface area contributed by atoms with Crippen LogP contribution in [0.1, 0.15) is 44.1 Å². The Kier molecular flexibility index (Phi) is 10.0. The number of nitrogens with zero attached hydrogens (tertiary/aromatic N) is 1. The van der Waals surface area contributed by atoms with E-state index in [1.54, 1.807) is 0 Å². The van der Waals surface area contributed by atoms with Crippen LogP contribution in [0.5, 0.6) is 0 Å². The maximum absolute atomic E-state index is 4.39. The zero-order valence-electron chi connectivity index (χ0n) is 14.4. The molecule has 0 aromatic heterocycles. The van der Waals surface area contributed by atoms with Crippen LogP contribution in [0.2, 0.25) is 0 Å². The van der Waals surface area contributed by atoms with Crippen LogP contribution in [0.4, 0.5) is 0 Å². The van der Waals surface area contributed by atoms with Gasteiger partial charge in [-0.3, -0.25) is 4.99 Å². The van der Waals surface area contributed by atoms with Crippen molar-refractivity contribution in [3.05, 3.63) is 35.9 Å². The molecule has 1 saturated carbocycles. The Morgan fingerprint density at radius 3 is 2.61 bits per heavy atom. The lowest BCUT2D eigenvalue weighted by Gasteiger charge is -2.21. The smallest absolute Gasteiger partial charge is 0.191 e. The zero-order chi connectivity index (χ0) is 15.8. The molecule has 0 amide bonds. The van der Waals surface area contributed by atoms with E-state index in [0.717, 1.165) is 24.2 Å². The number of hydrogen-bond donors (Lipinski definition) is 2. The summed E-state index contributed by atoms with van der Waals surface area (Å²) >= 11 is 1.99. The van der Waals surface area contributed by atoms with Crippen molar-refractivity contribution in [3.8, 4) is 0 Å². The normalized spacial score (nSPS) is 22.3. The summed E-state index contributed by atoms with van der Waals surface area (Å²) in [6.07, 6.45) is 7.16. The minimum Gasteiger partial charge on any atom is -0.356 e. The summed E-state index contributed by atoms with van der Waals surface area (Å²) < 4.78 is 0. The summed E-state index contributed by atoms with van der Waals surface area (Å²) in [7, 11) is 1.86. The van der Waals surface area contributed by atoms with Crippen molar-refractivity contribution < 1.29 is 0 Å². The number of aliphatic imine (C=N–C) groups is 1. The lowest BCUT2D eigenvalue weighted by atomic mass is 9.97. The van der Waals surface area contributed by atoms with E-state index in [1.165, 1.54) is 24.8 Å². The van der Waals surface area contributed by atoms with Crippen molar-refractivity contribution in [1.82, 2.24) is 10.6 Å². The maximum atomic E-state index is 4.39. The molecular formula is C18H30IN3S. The topological polar surface area (TPSA) is 36.4 Å². The molecule has 3 nitrogen and oxygen atoms in total. The summed E-state index contributed by atoms with van der Waals surface area (Å²) in [5.74, 6) is 1.48. The number of benzene rings is 1. The molecule has 0 aliphatic heterocycles. The SMILES string of the molecule is CCC(CNC(=NC)NC1CCC(SC)C1)c1ccccc1.I. The van der Waals surface area contributed by atoms with E-state index in [4.69, 9.17) is 0 Å². The quantitative estimate of drug-likeness (QED) is 0.389. The molecule has 0 bridgehead atoms. The number of thioether (sulfide) groups is 1. The predicted molar refractivity (Wildman–Crippen MR) is 114 cm³/mol. The molecule has 1 aliphatic rings. The Balaban J connectivity index is 0.00000264. The third-order valence-corrected chi connectivity index (χ3v) is 5.66. The average molecular weight is 447 g/mol. The highest BCUT2D eigenvalue weighted by molar-refractivity contribution is 14.0. The molecule has 1 aromatic rings. The van der Waals surface area contributed by atoms with Gasteiger partial charge in [-0.2, -0.15) is 11.8 Å². The molecule has 1 aromatic carbocycles. The summed E-state index contributed by atoms with van der Waals surface area (Å²) in [5, 5.41) is 7.91. The molecular weight excluding hydrogens is 417 g/mol. The first kappa shape index (κ1) is 20.6. The third kappa shape index (κ3) is 6.53. The van der Waals surface area contributed by atoms with Gasteiger partial charge in [-0.05, 0) is 37.5 Å². The minimum atomic E-state index is 0. The first-order chi connectivity index (χ1) is 10.8. The Bertz CT molecular complexity index is 467. The highest BCUT2D eigenvalue weighted by Gasteiger charge is 2.24. The number of rotatable bonds is 6. The van der Waals surface area contributed by atoms with Crippen LogP contribution in [0.25, 0.3) is 0 Å². The molecule has 5 heteroatoms. The van der Waals surface area contributed by atoms with Gasteiger partial charge in [0.15, 0.2) is 5.96 Å². The number of guanidine groups is 1. The second-order valence-corrected chi connectivity index (χ2v) is 7.12. The summed E-state index contributed by atoms with van der Waals surface area (Å²) in [4.78, 5) is 4.39. The van der Waals surface area contributed by atoms with Crippen molar-refractivity contribution in [3.63, 3.8) is 0 Å². The van der Waals surface area contributed by atoms with Crippen molar-refractivity contribution in [2.75, 3.05) is 19.8 Å². The van der Waals surface area contributed by atoms with Gasteiger partial charge in [-0.1, -0.05) is 37.3 Å². The van der Waals surface area contributed by atoms with Gasteiger partial charge in [0.05, 0.1) is 0 Å². The Morgan fingerprint density at radius 1 is 1.30 bits per heavy atom. The van der Waals surface area contributed by atoms with Crippen LogP contribution in [-0.2, 0) is 0 Å². The average Bonchev–Trinajstić information content (AvgIpc) is 3.03. The van der Waals surface area contributed by atoms with E-state index < -0.39 is 0 Å². The molecule has 130 valence electrons. The van der Waals surface area contributed by atoms with E-state index in [1.807, 2.05) is 18.8 Å². The molecule has 0 heterocycles. The maximum Gasteiger partial charge on any atom is 0.191 e. The molecule has 3 atom stereocenters. The molecule has 2 rings (SSSR count). The summed E-state index contributed by atoms with van der Waals surface area (Å²) in [5.41, 5.74) is 1.40. The van der Waals surface area contributed by atoms with Gasteiger partial charge in [-0.25, -0.2) is 0 Å². The Morgan fingerprint density at radius 2 is 2.04 bits per heavy atom. The van der Waals surface area contributed by atoms with Crippen molar-refractivity contribution in [2.45, 2.75) is 49.8 Å². The molecule has 0 radical (unpaired) electrons. The lowest BCUT2D eigenvalue weighted by Crippen LogP contribution is -2.43. The van der Waals surface area contributed by atoms with Gasteiger partial charge in [-0.15, -0.1) is 24.0 Å². The number of halogens is 1. The van der Waals surface area contributed by atoms with E-state index >= 15 is 0 Å². The fourth-order valence-corrected chi connectivity index (χ4v) is 3.91. The summed E-state index contributed by atoms with van der Waals surface area (Å²) in [6.45, 7) is 3.18. The standard InChI is InChI=1S/C18H29N3S.HI/c1-4-14(15-8-6-5-7-9-15)13-20-18(19-2)21-16-10-11-17(12-16)22-3;/h5-9,14,16-17H,4,10-13H2,1-3H3,(H2,19,20,21);1H. The molecule has 0 spiro atoms. The second kappa shape index (κ2) is 11.2. The van der Waals surface area contributed by atoms with Crippen LogP contribution in [0, 0.1) is 0 Å². The van der Waals surface area contributed by atoms with Gasteiger partial charge in [0.1, 0.15) is 0 Å². The molecule has 2 N–H and O–H groups in total. The fourth-order valence-electron chi connectivity index (χ4n) is 3.12. The molecule has 1 aliphatic carbocycles. The largest absolute Gasteiger partial charge is 0.356 e. The van der Waals surface area contributed by atoms with Gasteiger partial charge in [0, 0.05) is 30.8 Å². The van der Waals surface area contributed by atoms with E-state index in [9.17, 15) is 0 Å². The fraction of sp³-hybridized carbons (Fsp3) is 0.611. The van der Waals surface area contributed by atoms with Crippen molar-refractivity contribution >= 4 is 41.7 Å². The van der Waals surface area contributed by atoms with Crippen LogP contribution >= 0.6 is 35.7 Å². The molecule has 1 fully saturated rings. The van der Waals surface area contributed by atoms with Crippen LogP contribution in [0.3, 0.4) is 0 Å². The Hall–Kier alpha value is -0.430. The lowest BCUT2D eigenvalue weighted by molar-refractivity contribution is 0.591. The first-order valence-electron chi connectivity index (χ1n) is 8.31. The van der Waals surface area contributed by atoms with Gasteiger partial charge >= 0.3 is 0 Å². The van der Waals surface area contributed by atoms with Gasteiger partial charge in [0.25, 0.3) is 0 Å². The molecule has 0 saturated heterocycles. The van der Waals surface area contributed by atoms with Crippen LogP contribution < -0.4 is 10.6 Å². The predicted octanol–water partition coefficient (Wildman–Crippen LogP) is 4.25. The number of nitrogens with one attached hydrogen (secondary N) is 2. The summed E-state index contributed by atoms with van der Waals surface area (Å²) in [6, 6.07) is 11.3. The van der Waals surface area contributed by atoms with E-state index in [2.05, 4.69) is 59.1 Å². The zero-order valence-corrected chi connectivity index (χ0v) is 17.6. The van der Waals surface area contributed by atoms with Gasteiger partial charge in [0.2, 0.25) is 0 Å². The van der Waals surface area contributed by atoms with Crippen molar-refractivity contribution in [1.29, 1.82) is 0 Å². The van der Waals surface area contributed by atoms with E-state index in [0.29, 0.717) is 12.0 Å². The minimum absolute atomic E-state index is 0. The first-order valence-corrected chi connectivity index (χ1v) is 9.60. The van der Waals surface area contributed by atoms with Gasteiger partial charge < -0.3 is 10.6 Å². The molecule has 3 unspecified atom stereocenters. The Labute approximate surface area is 162 Å². The van der Waals surface area contributed by atoms with Crippen molar-refractivity contribution in [2.24, 2.45) is 4.99 Å². The highest BCUT2D eigenvalue weighted by atomic mass is 127.